The van der Waals surface area contributed by atoms with Crippen LogP contribution in [0, 0.1) is 5.92 Å². The maximum atomic E-state index is 13.5. The third-order valence-electron chi connectivity index (χ3n) is 5.86. The zero-order chi connectivity index (χ0) is 26.8. The van der Waals surface area contributed by atoms with Crippen molar-refractivity contribution in [2.45, 2.75) is 59.2 Å². The number of tetrazole rings is 1. The predicted molar refractivity (Wildman–Crippen MR) is 137 cm³/mol. The van der Waals surface area contributed by atoms with Gasteiger partial charge < -0.3 is 24.1 Å². The number of nitrogens with zero attached hydrogens (tertiary/aromatic N) is 5. The highest BCUT2D eigenvalue weighted by atomic mass is 16.5. The van der Waals surface area contributed by atoms with Crippen LogP contribution in [-0.4, -0.2) is 63.7 Å². The van der Waals surface area contributed by atoms with Crippen LogP contribution in [0.5, 0.6) is 11.5 Å². The number of hydrogen-bond donors (Lipinski definition) is 1. The van der Waals surface area contributed by atoms with Gasteiger partial charge in [0.05, 0.1) is 27.0 Å². The lowest BCUT2D eigenvalue weighted by molar-refractivity contribution is -0.142. The van der Waals surface area contributed by atoms with Crippen LogP contribution < -0.4 is 14.8 Å². The molecule has 37 heavy (non-hydrogen) atoms. The van der Waals surface area contributed by atoms with E-state index >= 15 is 0 Å². The first-order valence-electron chi connectivity index (χ1n) is 12.5. The number of benzene rings is 1. The largest absolute Gasteiger partial charge is 0.493 e. The fourth-order valence-corrected chi connectivity index (χ4v) is 3.86. The van der Waals surface area contributed by atoms with Crippen molar-refractivity contribution in [3.8, 4) is 22.9 Å². The van der Waals surface area contributed by atoms with Crippen LogP contribution in [0.4, 0.5) is 0 Å². The van der Waals surface area contributed by atoms with Gasteiger partial charge in [-0.15, -0.1) is 10.2 Å². The molecule has 2 heterocycles. The maximum Gasteiger partial charge on any atom is 0.247 e. The van der Waals surface area contributed by atoms with E-state index < -0.39 is 6.04 Å². The lowest BCUT2D eigenvalue weighted by Gasteiger charge is -2.30. The zero-order valence-electron chi connectivity index (χ0n) is 22.1. The summed E-state index contributed by atoms with van der Waals surface area (Å²) in [4.78, 5) is 29.4. The van der Waals surface area contributed by atoms with Crippen molar-refractivity contribution in [2.75, 3.05) is 20.8 Å². The SMILES string of the molecule is CCCC(C(=O)NCCC(C)C)N(Cc1ccco1)C(=O)Cn1nnc(-c2ccc(OC)c(OC)c2)n1. The summed E-state index contributed by atoms with van der Waals surface area (Å²) in [5, 5.41) is 15.5. The van der Waals surface area contributed by atoms with E-state index in [0.29, 0.717) is 47.5 Å². The lowest BCUT2D eigenvalue weighted by Crippen LogP contribution is -2.50. The maximum absolute atomic E-state index is 13.5. The van der Waals surface area contributed by atoms with Gasteiger partial charge in [-0.2, -0.15) is 4.80 Å². The lowest BCUT2D eigenvalue weighted by atomic mass is 10.1. The molecular weight excluding hydrogens is 476 g/mol. The molecule has 0 aliphatic rings. The van der Waals surface area contributed by atoms with Crippen LogP contribution in [0.3, 0.4) is 0 Å². The monoisotopic (exact) mass is 512 g/mol. The first-order valence-corrected chi connectivity index (χ1v) is 12.5. The fraction of sp³-hybridized carbons (Fsp3) is 0.500. The number of amides is 2. The fourth-order valence-electron chi connectivity index (χ4n) is 3.86. The van der Waals surface area contributed by atoms with Crippen LogP contribution in [0.25, 0.3) is 11.4 Å². The van der Waals surface area contributed by atoms with Gasteiger partial charge in [-0.05, 0) is 54.3 Å². The summed E-state index contributed by atoms with van der Waals surface area (Å²) in [5.41, 5.74) is 0.664. The summed E-state index contributed by atoms with van der Waals surface area (Å²) in [7, 11) is 3.10. The average Bonchev–Trinajstić information content (AvgIpc) is 3.57. The number of nitrogens with one attached hydrogen (secondary N) is 1. The number of methoxy groups -OCH3 is 2. The molecule has 2 amide bonds. The highest BCUT2D eigenvalue weighted by Gasteiger charge is 2.30. The number of ether oxygens (including phenoxy) is 2. The van der Waals surface area contributed by atoms with Crippen LogP contribution in [0.1, 0.15) is 45.8 Å². The van der Waals surface area contributed by atoms with Gasteiger partial charge >= 0.3 is 0 Å². The molecule has 0 saturated carbocycles. The smallest absolute Gasteiger partial charge is 0.247 e. The summed E-state index contributed by atoms with van der Waals surface area (Å²) in [6.07, 6.45) is 3.65. The molecule has 1 N–H and O–H groups in total. The molecule has 11 nitrogen and oxygen atoms in total. The van der Waals surface area contributed by atoms with Crippen molar-refractivity contribution in [1.29, 1.82) is 0 Å². The first kappa shape index (κ1) is 27.7. The minimum Gasteiger partial charge on any atom is -0.493 e. The van der Waals surface area contributed by atoms with E-state index in [4.69, 9.17) is 13.9 Å². The molecule has 200 valence electrons. The summed E-state index contributed by atoms with van der Waals surface area (Å²) in [6.45, 7) is 6.72. The molecule has 0 aliphatic carbocycles. The second kappa shape index (κ2) is 13.4. The van der Waals surface area contributed by atoms with Crippen LogP contribution in [0.2, 0.25) is 0 Å². The Kier molecular flexibility index (Phi) is 10.0. The van der Waals surface area contributed by atoms with E-state index in [0.717, 1.165) is 12.8 Å². The summed E-state index contributed by atoms with van der Waals surface area (Å²) in [6, 6.07) is 8.16. The summed E-state index contributed by atoms with van der Waals surface area (Å²) < 4.78 is 16.1. The van der Waals surface area contributed by atoms with E-state index in [1.165, 1.54) is 9.70 Å². The highest BCUT2D eigenvalue weighted by Crippen LogP contribution is 2.30. The van der Waals surface area contributed by atoms with Gasteiger partial charge in [0.25, 0.3) is 0 Å². The number of carbonyl (C=O) groups excluding carboxylic acids is 2. The van der Waals surface area contributed by atoms with Gasteiger partial charge in [-0.3, -0.25) is 9.59 Å². The Morgan fingerprint density at radius 1 is 1.14 bits per heavy atom. The van der Waals surface area contributed by atoms with Gasteiger partial charge in [-0.25, -0.2) is 0 Å². The molecule has 0 aliphatic heterocycles. The Morgan fingerprint density at radius 2 is 1.92 bits per heavy atom. The third kappa shape index (κ3) is 7.55. The molecule has 0 saturated heterocycles. The van der Waals surface area contributed by atoms with E-state index in [1.807, 2.05) is 6.92 Å². The summed E-state index contributed by atoms with van der Waals surface area (Å²) in [5.74, 6) is 2.00. The van der Waals surface area contributed by atoms with Crippen molar-refractivity contribution in [2.24, 2.45) is 5.92 Å². The van der Waals surface area contributed by atoms with Gasteiger partial charge in [0.1, 0.15) is 18.3 Å². The quantitative estimate of drug-likeness (QED) is 0.349. The predicted octanol–water partition coefficient (Wildman–Crippen LogP) is 3.31. The Morgan fingerprint density at radius 3 is 2.57 bits per heavy atom. The van der Waals surface area contributed by atoms with Crippen molar-refractivity contribution in [1.82, 2.24) is 30.4 Å². The normalized spacial score (nSPS) is 11.8. The minimum atomic E-state index is -0.649. The molecular formula is C26H36N6O5. The second-order valence-corrected chi connectivity index (χ2v) is 9.09. The first-order chi connectivity index (χ1) is 17.9. The molecule has 0 bridgehead atoms. The molecule has 0 radical (unpaired) electrons. The molecule has 11 heteroatoms. The molecule has 1 atom stereocenters. The van der Waals surface area contributed by atoms with E-state index in [9.17, 15) is 9.59 Å². The molecule has 0 fully saturated rings. The van der Waals surface area contributed by atoms with Gasteiger partial charge in [-0.1, -0.05) is 27.2 Å². The Bertz CT molecular complexity index is 1140. The van der Waals surface area contributed by atoms with Crippen molar-refractivity contribution >= 4 is 11.8 Å². The Hall–Kier alpha value is -3.89. The number of hydrogen-bond acceptors (Lipinski definition) is 8. The molecule has 1 unspecified atom stereocenters. The highest BCUT2D eigenvalue weighted by molar-refractivity contribution is 5.87. The number of rotatable bonds is 14. The van der Waals surface area contributed by atoms with Crippen LogP contribution >= 0.6 is 0 Å². The van der Waals surface area contributed by atoms with E-state index in [1.54, 1.807) is 50.8 Å². The summed E-state index contributed by atoms with van der Waals surface area (Å²) >= 11 is 0. The van der Waals surface area contributed by atoms with Crippen molar-refractivity contribution in [3.63, 3.8) is 0 Å². The molecule has 0 spiro atoms. The Labute approximate surface area is 217 Å². The van der Waals surface area contributed by atoms with Gasteiger partial charge in [0.2, 0.25) is 17.6 Å². The van der Waals surface area contributed by atoms with Crippen molar-refractivity contribution in [3.05, 3.63) is 42.4 Å². The zero-order valence-corrected chi connectivity index (χ0v) is 22.1. The molecule has 1 aromatic carbocycles. The molecule has 3 aromatic rings. The van der Waals surface area contributed by atoms with Gasteiger partial charge in [0, 0.05) is 12.1 Å². The molecule has 3 rings (SSSR count). The standard InChI is InChI=1S/C26H36N6O5/c1-6-8-21(26(34)27-13-12-18(2)3)31(16-20-9-7-14-37-20)24(33)17-32-29-25(28-30-32)19-10-11-22(35-4)23(15-19)36-5/h7,9-11,14-15,18,21H,6,8,12-13,16-17H2,1-5H3,(H,27,34). The minimum absolute atomic E-state index is 0.158. The van der Waals surface area contributed by atoms with Crippen molar-refractivity contribution < 1.29 is 23.5 Å². The van der Waals surface area contributed by atoms with Crippen LogP contribution in [0.15, 0.2) is 41.0 Å². The number of carbonyl (C=O) groups is 2. The van der Waals surface area contributed by atoms with Crippen LogP contribution in [-0.2, 0) is 22.7 Å². The van der Waals surface area contributed by atoms with E-state index in [2.05, 4.69) is 34.6 Å². The second-order valence-electron chi connectivity index (χ2n) is 9.09. The topological polar surface area (TPSA) is 125 Å². The number of aromatic nitrogens is 4. The Balaban J connectivity index is 1.80. The molecule has 2 aromatic heterocycles. The van der Waals surface area contributed by atoms with Gasteiger partial charge in [0.15, 0.2) is 11.5 Å². The van der Waals surface area contributed by atoms with E-state index in [-0.39, 0.29) is 24.9 Å². The third-order valence-corrected chi connectivity index (χ3v) is 5.86. The average molecular weight is 513 g/mol. The number of furan rings is 1.